The summed E-state index contributed by atoms with van der Waals surface area (Å²) in [7, 11) is 0. The van der Waals surface area contributed by atoms with Crippen LogP contribution in [0.5, 0.6) is 0 Å². The van der Waals surface area contributed by atoms with Gasteiger partial charge in [0.2, 0.25) is 5.91 Å². The lowest BCUT2D eigenvalue weighted by atomic mass is 9.92. The lowest BCUT2D eigenvalue weighted by Gasteiger charge is -2.43. The van der Waals surface area contributed by atoms with Crippen LogP contribution in [0.15, 0.2) is 48.5 Å². The number of hydrogen-bond donors (Lipinski definition) is 3. The van der Waals surface area contributed by atoms with Crippen molar-refractivity contribution < 1.29 is 19.1 Å². The van der Waals surface area contributed by atoms with E-state index in [1.54, 1.807) is 51.1 Å². The molecule has 0 radical (unpaired) electrons. The summed E-state index contributed by atoms with van der Waals surface area (Å²) in [5.41, 5.74) is 0.873. The Bertz CT molecular complexity index is 1170. The highest BCUT2D eigenvalue weighted by atomic mass is 32.1. The molecular formula is C29H37N3O4S. The van der Waals surface area contributed by atoms with E-state index in [4.69, 9.17) is 11.2 Å². The number of anilines is 1. The van der Waals surface area contributed by atoms with E-state index in [9.17, 15) is 14.4 Å². The number of alkyl carbamates (subject to hydrolysis) is 1. The topological polar surface area (TPSA) is 87.7 Å². The van der Waals surface area contributed by atoms with Crippen molar-refractivity contribution in [3.05, 3.63) is 65.2 Å². The van der Waals surface area contributed by atoms with Gasteiger partial charge in [0, 0.05) is 22.5 Å². The van der Waals surface area contributed by atoms with E-state index in [1.165, 1.54) is 4.90 Å². The largest absolute Gasteiger partial charge is 0.444 e. The predicted molar refractivity (Wildman–Crippen MR) is 151 cm³/mol. The molecule has 2 atom stereocenters. The Balaban J connectivity index is 2.61. The van der Waals surface area contributed by atoms with Crippen molar-refractivity contribution in [3.8, 4) is 12.3 Å². The van der Waals surface area contributed by atoms with Crippen molar-refractivity contribution in [2.75, 3.05) is 11.1 Å². The normalized spacial score (nSPS) is 13.1. The van der Waals surface area contributed by atoms with Gasteiger partial charge >= 0.3 is 6.09 Å². The molecular weight excluding hydrogens is 486 g/mol. The fourth-order valence-electron chi connectivity index (χ4n) is 3.83. The minimum Gasteiger partial charge on any atom is -0.444 e. The van der Waals surface area contributed by atoms with Gasteiger partial charge in [-0.05, 0) is 71.7 Å². The van der Waals surface area contributed by atoms with Crippen molar-refractivity contribution in [3.63, 3.8) is 0 Å². The Morgan fingerprint density at radius 2 is 1.62 bits per heavy atom. The second-order valence-electron chi connectivity index (χ2n) is 10.7. The number of thiol groups is 1. The van der Waals surface area contributed by atoms with E-state index < -0.39 is 41.1 Å². The summed E-state index contributed by atoms with van der Waals surface area (Å²) in [5.74, 6) is 1.69. The SMILES string of the molecule is C#Cc1ccccc1C(C(=O)Nc1ccccc1C)N(C(=O)C(CS)NC(=O)OC(C)(C)C)C(C)(C)C. The fraction of sp³-hybridized carbons (Fsp3) is 0.414. The number of terminal acetylenes is 1. The molecule has 7 nitrogen and oxygen atoms in total. The third-order valence-electron chi connectivity index (χ3n) is 5.45. The van der Waals surface area contributed by atoms with E-state index in [0.29, 0.717) is 16.8 Å². The molecule has 2 rings (SSSR count). The molecule has 198 valence electrons. The molecule has 0 bridgehead atoms. The number of aryl methyl sites for hydroxylation is 1. The number of rotatable bonds is 7. The first-order valence-electron chi connectivity index (χ1n) is 12.0. The number of para-hydroxylation sites is 1. The first kappa shape index (κ1) is 29.8. The zero-order valence-electron chi connectivity index (χ0n) is 22.6. The van der Waals surface area contributed by atoms with Gasteiger partial charge < -0.3 is 20.3 Å². The molecule has 0 aliphatic heterocycles. The number of carbonyl (C=O) groups excluding carboxylic acids is 3. The standard InChI is InChI=1S/C29H37N3O4S/c1-9-20-15-11-12-16-21(20)24(25(33)30-22-17-13-10-14-19(22)2)32(28(3,4)5)26(34)23(18-37)31-27(35)36-29(6,7)8/h1,10-17,23-24,37H,18H2,2-8H3,(H,30,33)(H,31,35). The van der Waals surface area contributed by atoms with E-state index in [-0.39, 0.29) is 5.75 Å². The van der Waals surface area contributed by atoms with Gasteiger partial charge in [0.15, 0.2) is 0 Å². The number of benzene rings is 2. The Kier molecular flexibility index (Phi) is 9.82. The van der Waals surface area contributed by atoms with Gasteiger partial charge in [-0.25, -0.2) is 4.79 Å². The number of nitrogens with zero attached hydrogens (tertiary/aromatic N) is 1. The zero-order chi connectivity index (χ0) is 28.0. The monoisotopic (exact) mass is 523 g/mol. The molecule has 0 aliphatic rings. The van der Waals surface area contributed by atoms with E-state index in [0.717, 1.165) is 5.56 Å². The summed E-state index contributed by atoms with van der Waals surface area (Å²) in [5, 5.41) is 5.57. The average Bonchev–Trinajstić information content (AvgIpc) is 2.80. The van der Waals surface area contributed by atoms with Gasteiger partial charge in [-0.2, -0.15) is 12.6 Å². The van der Waals surface area contributed by atoms with Crippen molar-refractivity contribution in [1.29, 1.82) is 0 Å². The third-order valence-corrected chi connectivity index (χ3v) is 5.82. The lowest BCUT2D eigenvalue weighted by Crippen LogP contribution is -2.58. The number of carbonyl (C=O) groups is 3. The Morgan fingerprint density at radius 1 is 1.03 bits per heavy atom. The highest BCUT2D eigenvalue weighted by Crippen LogP contribution is 2.33. The lowest BCUT2D eigenvalue weighted by molar-refractivity contribution is -0.146. The van der Waals surface area contributed by atoms with Crippen LogP contribution in [0.2, 0.25) is 0 Å². The molecule has 0 spiro atoms. The molecule has 0 aliphatic carbocycles. The summed E-state index contributed by atoms with van der Waals surface area (Å²) in [6, 6.07) is 12.2. The van der Waals surface area contributed by atoms with Crippen molar-refractivity contribution in [2.24, 2.45) is 0 Å². The molecule has 2 N–H and O–H groups in total. The van der Waals surface area contributed by atoms with Crippen molar-refractivity contribution in [1.82, 2.24) is 10.2 Å². The minimum atomic E-state index is -1.10. The Morgan fingerprint density at radius 3 is 2.16 bits per heavy atom. The van der Waals surface area contributed by atoms with Crippen molar-refractivity contribution >= 4 is 36.2 Å². The number of ether oxygens (including phenoxy) is 1. The molecule has 0 heterocycles. The van der Waals surface area contributed by atoms with Crippen LogP contribution < -0.4 is 10.6 Å². The molecule has 2 aromatic carbocycles. The Hall–Kier alpha value is -3.44. The van der Waals surface area contributed by atoms with Crippen LogP contribution in [0.4, 0.5) is 10.5 Å². The predicted octanol–water partition coefficient (Wildman–Crippen LogP) is 5.11. The van der Waals surface area contributed by atoms with Crippen LogP contribution >= 0.6 is 12.6 Å². The second-order valence-corrected chi connectivity index (χ2v) is 11.1. The second kappa shape index (κ2) is 12.2. The van der Waals surface area contributed by atoms with Crippen LogP contribution in [0.1, 0.15) is 64.3 Å². The first-order valence-corrected chi connectivity index (χ1v) is 12.7. The molecule has 0 saturated heterocycles. The van der Waals surface area contributed by atoms with Crippen molar-refractivity contribution in [2.45, 2.75) is 71.7 Å². The summed E-state index contributed by atoms with van der Waals surface area (Å²) in [4.78, 5) is 41.9. The highest BCUT2D eigenvalue weighted by molar-refractivity contribution is 7.80. The average molecular weight is 524 g/mol. The summed E-state index contributed by atoms with van der Waals surface area (Å²) >= 11 is 4.32. The van der Waals surface area contributed by atoms with Gasteiger partial charge in [0.05, 0.1) is 0 Å². The van der Waals surface area contributed by atoms with Crippen LogP contribution in [0.25, 0.3) is 0 Å². The van der Waals surface area contributed by atoms with Gasteiger partial charge in [-0.3, -0.25) is 9.59 Å². The molecule has 3 amide bonds. The molecule has 8 heteroatoms. The van der Waals surface area contributed by atoms with E-state index in [1.807, 2.05) is 45.9 Å². The van der Waals surface area contributed by atoms with Gasteiger partial charge in [-0.15, -0.1) is 6.42 Å². The summed E-state index contributed by atoms with van der Waals surface area (Å²) in [6.45, 7) is 12.5. The smallest absolute Gasteiger partial charge is 0.408 e. The number of amides is 3. The third kappa shape index (κ3) is 8.02. The fourth-order valence-corrected chi connectivity index (χ4v) is 4.07. The van der Waals surface area contributed by atoms with Gasteiger partial charge in [0.25, 0.3) is 5.91 Å². The van der Waals surface area contributed by atoms with Crippen LogP contribution in [0.3, 0.4) is 0 Å². The maximum atomic E-state index is 14.0. The zero-order valence-corrected chi connectivity index (χ0v) is 23.5. The first-order chi connectivity index (χ1) is 17.2. The van der Waals surface area contributed by atoms with Crippen LogP contribution in [0, 0.1) is 19.3 Å². The Labute approximate surface area is 225 Å². The number of hydrogen-bond acceptors (Lipinski definition) is 5. The molecule has 0 fully saturated rings. The molecule has 0 saturated carbocycles. The number of nitrogens with one attached hydrogen (secondary N) is 2. The maximum Gasteiger partial charge on any atom is 0.408 e. The minimum absolute atomic E-state index is 0.00637. The van der Waals surface area contributed by atoms with E-state index >= 15 is 0 Å². The van der Waals surface area contributed by atoms with Crippen LogP contribution in [-0.4, -0.2) is 45.7 Å². The van der Waals surface area contributed by atoms with E-state index in [2.05, 4.69) is 29.2 Å². The molecule has 37 heavy (non-hydrogen) atoms. The summed E-state index contributed by atoms with van der Waals surface area (Å²) < 4.78 is 5.35. The van der Waals surface area contributed by atoms with Gasteiger partial charge in [-0.1, -0.05) is 42.3 Å². The quantitative estimate of drug-likeness (QED) is 0.348. The highest BCUT2D eigenvalue weighted by Gasteiger charge is 2.42. The van der Waals surface area contributed by atoms with Crippen LogP contribution in [-0.2, 0) is 14.3 Å². The molecule has 2 aromatic rings. The molecule has 2 unspecified atom stereocenters. The molecule has 0 aromatic heterocycles. The summed E-state index contributed by atoms with van der Waals surface area (Å²) in [6.07, 6.45) is 5.04. The van der Waals surface area contributed by atoms with Gasteiger partial charge in [0.1, 0.15) is 17.7 Å². The maximum absolute atomic E-state index is 14.0.